The minimum Gasteiger partial charge on any atom is -0.491 e. The maximum absolute atomic E-state index is 9.57. The summed E-state index contributed by atoms with van der Waals surface area (Å²) in [4.78, 5) is 0. The van der Waals surface area contributed by atoms with Crippen molar-refractivity contribution in [3.63, 3.8) is 0 Å². The minimum atomic E-state index is -0.411. The summed E-state index contributed by atoms with van der Waals surface area (Å²) in [5.74, 6) is 0.824. The fourth-order valence-corrected chi connectivity index (χ4v) is 2.05. The second-order valence-electron chi connectivity index (χ2n) is 4.33. The summed E-state index contributed by atoms with van der Waals surface area (Å²) in [7, 11) is 0. The van der Waals surface area contributed by atoms with E-state index in [1.165, 1.54) is 0 Å². The van der Waals surface area contributed by atoms with Crippen molar-refractivity contribution in [1.29, 1.82) is 0 Å². The van der Waals surface area contributed by atoms with Crippen molar-refractivity contribution >= 4 is 15.9 Å². The minimum absolute atomic E-state index is 0.233. The summed E-state index contributed by atoms with van der Waals surface area (Å²) in [5.41, 5.74) is 1.11. The first-order valence-corrected chi connectivity index (χ1v) is 7.21. The number of nitrogens with one attached hydrogen (secondary N) is 1. The Morgan fingerprint density at radius 3 is 2.72 bits per heavy atom. The molecule has 18 heavy (non-hydrogen) atoms. The molecule has 3 nitrogen and oxygen atoms in total. The smallest absolute Gasteiger partial charge is 0.125 e. The molecule has 1 rings (SSSR count). The average molecular weight is 316 g/mol. The number of hydrogen-bond donors (Lipinski definition) is 2. The zero-order valence-corrected chi connectivity index (χ0v) is 12.8. The second-order valence-corrected chi connectivity index (χ2v) is 5.25. The summed E-state index contributed by atoms with van der Waals surface area (Å²) < 4.78 is 6.70. The van der Waals surface area contributed by atoms with E-state index >= 15 is 0 Å². The van der Waals surface area contributed by atoms with Gasteiger partial charge in [0.05, 0.1) is 6.10 Å². The maximum Gasteiger partial charge on any atom is 0.125 e. The zero-order chi connectivity index (χ0) is 13.5. The third-order valence-corrected chi connectivity index (χ3v) is 3.35. The molecule has 0 aliphatic carbocycles. The fraction of sp³-hybridized carbons (Fsp3) is 0.571. The molecule has 0 bridgehead atoms. The topological polar surface area (TPSA) is 41.5 Å². The van der Waals surface area contributed by atoms with Crippen LogP contribution in [0.3, 0.4) is 0 Å². The van der Waals surface area contributed by atoms with Gasteiger partial charge in [0, 0.05) is 16.1 Å². The number of aliphatic hydroxyl groups excluding tert-OH is 1. The van der Waals surface area contributed by atoms with Crippen LogP contribution in [-0.2, 0) is 0 Å². The summed E-state index contributed by atoms with van der Waals surface area (Å²) in [6, 6.07) is 6.24. The average Bonchev–Trinajstić information content (AvgIpc) is 2.36. The van der Waals surface area contributed by atoms with Crippen LogP contribution in [0.15, 0.2) is 22.7 Å². The van der Waals surface area contributed by atoms with Crippen molar-refractivity contribution in [3.8, 4) is 5.75 Å². The van der Waals surface area contributed by atoms with Crippen LogP contribution in [0.5, 0.6) is 5.75 Å². The summed E-state index contributed by atoms with van der Waals surface area (Å²) in [6.07, 6.45) is 0.290. The van der Waals surface area contributed by atoms with Crippen molar-refractivity contribution in [3.05, 3.63) is 28.2 Å². The molecule has 0 heterocycles. The Morgan fingerprint density at radius 1 is 1.39 bits per heavy atom. The van der Waals surface area contributed by atoms with Gasteiger partial charge in [0.2, 0.25) is 0 Å². The van der Waals surface area contributed by atoms with Gasteiger partial charge in [-0.3, -0.25) is 0 Å². The number of halogens is 1. The van der Waals surface area contributed by atoms with E-state index in [9.17, 15) is 5.11 Å². The Hall–Kier alpha value is -0.580. The Balaban J connectivity index is 2.82. The molecule has 2 unspecified atom stereocenters. The van der Waals surface area contributed by atoms with Crippen LogP contribution in [-0.4, -0.2) is 24.4 Å². The molecule has 2 atom stereocenters. The molecule has 0 aliphatic rings. The molecule has 0 saturated carbocycles. The van der Waals surface area contributed by atoms with E-state index in [-0.39, 0.29) is 6.04 Å². The zero-order valence-electron chi connectivity index (χ0n) is 11.2. The standard InChI is InChI=1S/C14H22BrNO2/c1-4-12(17)9-18-14-8-11(15)6-7-13(14)10(3)16-5-2/h6-8,10,12,16-17H,4-5,9H2,1-3H3. The van der Waals surface area contributed by atoms with Crippen LogP contribution in [0.25, 0.3) is 0 Å². The van der Waals surface area contributed by atoms with Crippen molar-refractivity contribution in [2.45, 2.75) is 39.3 Å². The lowest BCUT2D eigenvalue weighted by Crippen LogP contribution is -2.20. The molecule has 2 N–H and O–H groups in total. The first-order chi connectivity index (χ1) is 8.58. The molecule has 1 aromatic rings. The van der Waals surface area contributed by atoms with Gasteiger partial charge in [-0.15, -0.1) is 0 Å². The molecule has 0 amide bonds. The summed E-state index contributed by atoms with van der Waals surface area (Å²) >= 11 is 3.45. The number of hydrogen-bond acceptors (Lipinski definition) is 3. The van der Waals surface area contributed by atoms with E-state index in [1.54, 1.807) is 0 Å². The van der Waals surface area contributed by atoms with Gasteiger partial charge in [-0.05, 0) is 32.0 Å². The van der Waals surface area contributed by atoms with Gasteiger partial charge in [-0.1, -0.05) is 35.8 Å². The van der Waals surface area contributed by atoms with E-state index in [1.807, 2.05) is 25.1 Å². The normalized spacial score (nSPS) is 14.3. The molecule has 4 heteroatoms. The van der Waals surface area contributed by atoms with Gasteiger partial charge in [0.25, 0.3) is 0 Å². The van der Waals surface area contributed by atoms with E-state index < -0.39 is 6.10 Å². The number of aliphatic hydroxyl groups is 1. The highest BCUT2D eigenvalue weighted by Crippen LogP contribution is 2.28. The molecule has 0 fully saturated rings. The highest BCUT2D eigenvalue weighted by molar-refractivity contribution is 9.10. The first kappa shape index (κ1) is 15.5. The Morgan fingerprint density at radius 2 is 2.11 bits per heavy atom. The molecule has 0 spiro atoms. The van der Waals surface area contributed by atoms with Crippen molar-refractivity contribution in [2.24, 2.45) is 0 Å². The quantitative estimate of drug-likeness (QED) is 0.811. The Bertz CT molecular complexity index is 371. The molecule has 0 aliphatic heterocycles. The lowest BCUT2D eigenvalue weighted by Gasteiger charge is -2.19. The van der Waals surface area contributed by atoms with Crippen molar-refractivity contribution in [1.82, 2.24) is 5.32 Å². The predicted octanol–water partition coefficient (Wildman–Crippen LogP) is 3.27. The van der Waals surface area contributed by atoms with Gasteiger partial charge >= 0.3 is 0 Å². The SMILES string of the molecule is CCNC(C)c1ccc(Br)cc1OCC(O)CC. The fourth-order valence-electron chi connectivity index (χ4n) is 1.71. The third kappa shape index (κ3) is 4.59. The largest absolute Gasteiger partial charge is 0.491 e. The van der Waals surface area contributed by atoms with Gasteiger partial charge < -0.3 is 15.2 Å². The van der Waals surface area contributed by atoms with Crippen LogP contribution >= 0.6 is 15.9 Å². The molecule has 0 saturated heterocycles. The molecule has 0 radical (unpaired) electrons. The van der Waals surface area contributed by atoms with Gasteiger partial charge in [-0.2, -0.15) is 0 Å². The monoisotopic (exact) mass is 315 g/mol. The van der Waals surface area contributed by atoms with Crippen LogP contribution < -0.4 is 10.1 Å². The molecule has 0 aromatic heterocycles. The van der Waals surface area contributed by atoms with E-state index in [4.69, 9.17) is 4.74 Å². The highest BCUT2D eigenvalue weighted by atomic mass is 79.9. The van der Waals surface area contributed by atoms with Gasteiger partial charge in [0.15, 0.2) is 0 Å². The summed E-state index contributed by atoms with van der Waals surface area (Å²) in [6.45, 7) is 7.37. The highest BCUT2D eigenvalue weighted by Gasteiger charge is 2.12. The van der Waals surface area contributed by atoms with Gasteiger partial charge in [-0.25, -0.2) is 0 Å². The maximum atomic E-state index is 9.57. The lowest BCUT2D eigenvalue weighted by molar-refractivity contribution is 0.103. The first-order valence-electron chi connectivity index (χ1n) is 6.42. The number of benzene rings is 1. The van der Waals surface area contributed by atoms with E-state index in [2.05, 4.69) is 35.1 Å². The van der Waals surface area contributed by atoms with E-state index in [0.29, 0.717) is 13.0 Å². The van der Waals surface area contributed by atoms with Crippen LogP contribution in [0.2, 0.25) is 0 Å². The number of rotatable bonds is 7. The second kappa shape index (κ2) is 7.77. The van der Waals surface area contributed by atoms with Crippen LogP contribution in [0.1, 0.15) is 38.8 Å². The van der Waals surface area contributed by atoms with Crippen molar-refractivity contribution < 1.29 is 9.84 Å². The van der Waals surface area contributed by atoms with Crippen molar-refractivity contribution in [2.75, 3.05) is 13.2 Å². The summed E-state index contributed by atoms with van der Waals surface area (Å²) in [5, 5.41) is 12.9. The third-order valence-electron chi connectivity index (χ3n) is 2.85. The Kier molecular flexibility index (Phi) is 6.68. The van der Waals surface area contributed by atoms with Crippen LogP contribution in [0.4, 0.5) is 0 Å². The molecule has 102 valence electrons. The van der Waals surface area contributed by atoms with E-state index in [0.717, 1.165) is 22.3 Å². The molecular formula is C14H22BrNO2. The van der Waals surface area contributed by atoms with Gasteiger partial charge in [0.1, 0.15) is 12.4 Å². The Labute approximate surface area is 118 Å². The lowest BCUT2D eigenvalue weighted by atomic mass is 10.1. The van der Waals surface area contributed by atoms with Crippen LogP contribution in [0, 0.1) is 0 Å². The number of ether oxygens (including phenoxy) is 1. The molecular weight excluding hydrogens is 294 g/mol. The predicted molar refractivity (Wildman–Crippen MR) is 78.0 cm³/mol. The molecule has 1 aromatic carbocycles.